The highest BCUT2D eigenvalue weighted by Crippen LogP contribution is 2.49. The summed E-state index contributed by atoms with van der Waals surface area (Å²) in [6.07, 6.45) is 4.22. The van der Waals surface area contributed by atoms with E-state index in [1.807, 2.05) is 5.32 Å². The third kappa shape index (κ3) is 3.95. The maximum absolute atomic E-state index is 12.1. The summed E-state index contributed by atoms with van der Waals surface area (Å²) in [6.45, 7) is 3.52. The Morgan fingerprint density at radius 3 is 2.43 bits per heavy atom. The zero-order valence-electron chi connectivity index (χ0n) is 12.6. The van der Waals surface area contributed by atoms with Crippen molar-refractivity contribution in [1.82, 2.24) is 5.32 Å². The highest BCUT2D eigenvalue weighted by molar-refractivity contribution is 5.96. The van der Waals surface area contributed by atoms with Crippen molar-refractivity contribution in [2.45, 2.75) is 52.1 Å². The highest BCUT2D eigenvalue weighted by Gasteiger charge is 2.41. The SMILES string of the molecule is CC(C)C(OC(=O)CC1CC2CCC1C2)C(=O)NC(N)=O. The second-order valence-electron chi connectivity index (χ2n) is 6.65. The number of imide groups is 1. The van der Waals surface area contributed by atoms with Crippen LogP contribution in [-0.2, 0) is 14.3 Å². The van der Waals surface area contributed by atoms with Crippen LogP contribution in [0.4, 0.5) is 4.79 Å². The minimum Gasteiger partial charge on any atom is -0.452 e. The molecular formula is C15H24N2O4. The summed E-state index contributed by atoms with van der Waals surface area (Å²) in [5.74, 6) is 0.576. The zero-order valence-corrected chi connectivity index (χ0v) is 12.6. The second-order valence-corrected chi connectivity index (χ2v) is 6.65. The van der Waals surface area contributed by atoms with Gasteiger partial charge in [-0.1, -0.05) is 20.3 Å². The Balaban J connectivity index is 1.86. The van der Waals surface area contributed by atoms with Crippen LogP contribution in [0.1, 0.15) is 46.0 Å². The number of ether oxygens (including phenoxy) is 1. The maximum atomic E-state index is 12.1. The van der Waals surface area contributed by atoms with Crippen molar-refractivity contribution in [3.63, 3.8) is 0 Å². The molecular weight excluding hydrogens is 272 g/mol. The number of amides is 3. The Labute approximate surface area is 124 Å². The molecule has 0 aromatic rings. The van der Waals surface area contributed by atoms with Gasteiger partial charge in [-0.15, -0.1) is 0 Å². The zero-order chi connectivity index (χ0) is 15.6. The van der Waals surface area contributed by atoms with Gasteiger partial charge < -0.3 is 10.5 Å². The van der Waals surface area contributed by atoms with Gasteiger partial charge in [-0.3, -0.25) is 14.9 Å². The fourth-order valence-electron chi connectivity index (χ4n) is 3.72. The first kappa shape index (κ1) is 15.8. The molecule has 2 aliphatic rings. The number of nitrogens with one attached hydrogen (secondary N) is 1. The molecule has 0 heterocycles. The lowest BCUT2D eigenvalue weighted by molar-refractivity contribution is -0.159. The standard InChI is InChI=1S/C15H24N2O4/c1-8(2)13(14(19)17-15(16)20)21-12(18)7-11-6-9-3-4-10(11)5-9/h8-11,13H,3-7H2,1-2H3,(H3,16,17,19,20). The fourth-order valence-corrected chi connectivity index (χ4v) is 3.72. The van der Waals surface area contributed by atoms with E-state index in [0.717, 1.165) is 12.3 Å². The van der Waals surface area contributed by atoms with Gasteiger partial charge >= 0.3 is 12.0 Å². The number of urea groups is 1. The van der Waals surface area contributed by atoms with E-state index in [4.69, 9.17) is 10.5 Å². The van der Waals surface area contributed by atoms with Gasteiger partial charge in [0, 0.05) is 6.42 Å². The largest absolute Gasteiger partial charge is 0.452 e. The van der Waals surface area contributed by atoms with Gasteiger partial charge in [0.15, 0.2) is 6.10 Å². The van der Waals surface area contributed by atoms with Gasteiger partial charge in [-0.2, -0.15) is 0 Å². The second kappa shape index (κ2) is 6.45. The Morgan fingerprint density at radius 1 is 1.24 bits per heavy atom. The number of fused-ring (bicyclic) bond motifs is 2. The minimum atomic E-state index is -0.969. The van der Waals surface area contributed by atoms with Crippen molar-refractivity contribution >= 4 is 17.9 Å². The minimum absolute atomic E-state index is 0.215. The highest BCUT2D eigenvalue weighted by atomic mass is 16.5. The van der Waals surface area contributed by atoms with Crippen LogP contribution in [0.25, 0.3) is 0 Å². The molecule has 118 valence electrons. The van der Waals surface area contributed by atoms with Crippen molar-refractivity contribution in [2.24, 2.45) is 29.4 Å². The molecule has 0 radical (unpaired) electrons. The van der Waals surface area contributed by atoms with Crippen molar-refractivity contribution < 1.29 is 19.1 Å². The van der Waals surface area contributed by atoms with Crippen LogP contribution in [0.5, 0.6) is 0 Å². The molecule has 6 nitrogen and oxygen atoms in total. The smallest absolute Gasteiger partial charge is 0.318 e. The molecule has 3 amide bonds. The Bertz CT molecular complexity index is 435. The first-order chi connectivity index (χ1) is 9.86. The third-order valence-electron chi connectivity index (χ3n) is 4.68. The van der Waals surface area contributed by atoms with E-state index in [9.17, 15) is 14.4 Å². The predicted molar refractivity (Wildman–Crippen MR) is 76.0 cm³/mol. The number of primary amides is 1. The molecule has 4 unspecified atom stereocenters. The summed E-state index contributed by atoms with van der Waals surface area (Å²) >= 11 is 0. The molecule has 2 fully saturated rings. The van der Waals surface area contributed by atoms with E-state index < -0.39 is 18.0 Å². The number of carbonyl (C=O) groups is 3. The molecule has 0 aromatic heterocycles. The van der Waals surface area contributed by atoms with Gasteiger partial charge in [-0.05, 0) is 42.9 Å². The molecule has 0 saturated heterocycles. The Kier molecular flexibility index (Phi) is 4.85. The number of rotatable bonds is 5. The van der Waals surface area contributed by atoms with E-state index in [1.165, 1.54) is 19.3 Å². The molecule has 2 bridgehead atoms. The van der Waals surface area contributed by atoms with Gasteiger partial charge in [-0.25, -0.2) is 4.79 Å². The van der Waals surface area contributed by atoms with Gasteiger partial charge in [0.05, 0.1) is 0 Å². The summed E-state index contributed by atoms with van der Waals surface area (Å²) in [5.41, 5.74) is 4.92. The average Bonchev–Trinajstić information content (AvgIpc) is 2.96. The van der Waals surface area contributed by atoms with Crippen molar-refractivity contribution in [1.29, 1.82) is 0 Å². The van der Waals surface area contributed by atoms with Crippen LogP contribution in [-0.4, -0.2) is 24.0 Å². The number of nitrogens with two attached hydrogens (primary N) is 1. The average molecular weight is 296 g/mol. The van der Waals surface area contributed by atoms with Crippen LogP contribution in [0.3, 0.4) is 0 Å². The Morgan fingerprint density at radius 2 is 1.95 bits per heavy atom. The summed E-state index contributed by atoms with van der Waals surface area (Å²) in [4.78, 5) is 34.6. The first-order valence-corrected chi connectivity index (χ1v) is 7.66. The summed E-state index contributed by atoms with van der Waals surface area (Å²) in [6, 6.07) is -0.935. The van der Waals surface area contributed by atoms with Crippen LogP contribution in [0, 0.1) is 23.7 Å². The van der Waals surface area contributed by atoms with Crippen LogP contribution in [0.15, 0.2) is 0 Å². The lowest BCUT2D eigenvalue weighted by atomic mass is 9.86. The van der Waals surface area contributed by atoms with Crippen molar-refractivity contribution in [2.75, 3.05) is 0 Å². The van der Waals surface area contributed by atoms with E-state index in [1.54, 1.807) is 13.8 Å². The molecule has 0 spiro atoms. The molecule has 2 rings (SSSR count). The topological polar surface area (TPSA) is 98.5 Å². The van der Waals surface area contributed by atoms with E-state index in [0.29, 0.717) is 18.3 Å². The normalized spacial score (nSPS) is 28.4. The van der Waals surface area contributed by atoms with Crippen molar-refractivity contribution in [3.05, 3.63) is 0 Å². The summed E-state index contributed by atoms with van der Waals surface area (Å²) < 4.78 is 5.29. The maximum Gasteiger partial charge on any atom is 0.318 e. The van der Waals surface area contributed by atoms with Gasteiger partial charge in [0.2, 0.25) is 0 Å². The Hall–Kier alpha value is -1.59. The van der Waals surface area contributed by atoms with Crippen molar-refractivity contribution in [3.8, 4) is 0 Å². The quantitative estimate of drug-likeness (QED) is 0.752. The third-order valence-corrected chi connectivity index (χ3v) is 4.68. The van der Waals surface area contributed by atoms with Gasteiger partial charge in [0.1, 0.15) is 0 Å². The molecule has 4 atom stereocenters. The number of hydrogen-bond acceptors (Lipinski definition) is 4. The monoisotopic (exact) mass is 296 g/mol. The molecule has 2 saturated carbocycles. The number of hydrogen-bond donors (Lipinski definition) is 2. The van der Waals surface area contributed by atoms with E-state index in [-0.39, 0.29) is 11.9 Å². The fraction of sp³-hybridized carbons (Fsp3) is 0.800. The molecule has 0 aromatic carbocycles. The number of esters is 1. The molecule has 3 N–H and O–H groups in total. The predicted octanol–water partition coefficient (Wildman–Crippen LogP) is 1.58. The van der Waals surface area contributed by atoms with E-state index >= 15 is 0 Å². The van der Waals surface area contributed by atoms with Crippen LogP contribution >= 0.6 is 0 Å². The summed E-state index contributed by atoms with van der Waals surface area (Å²) in [5, 5.41) is 1.97. The lowest BCUT2D eigenvalue weighted by Crippen LogP contribution is -2.45. The van der Waals surface area contributed by atoms with Crippen LogP contribution < -0.4 is 11.1 Å². The molecule has 21 heavy (non-hydrogen) atoms. The molecule has 6 heteroatoms. The first-order valence-electron chi connectivity index (χ1n) is 7.66. The van der Waals surface area contributed by atoms with Gasteiger partial charge in [0.25, 0.3) is 5.91 Å². The lowest BCUT2D eigenvalue weighted by Gasteiger charge is -2.23. The number of carbonyl (C=O) groups excluding carboxylic acids is 3. The molecule has 2 aliphatic carbocycles. The van der Waals surface area contributed by atoms with E-state index in [2.05, 4.69) is 0 Å². The summed E-state index contributed by atoms with van der Waals surface area (Å²) in [7, 11) is 0. The van der Waals surface area contributed by atoms with Crippen LogP contribution in [0.2, 0.25) is 0 Å². The molecule has 0 aliphatic heterocycles.